The summed E-state index contributed by atoms with van der Waals surface area (Å²) in [6, 6.07) is 11.1. The highest BCUT2D eigenvalue weighted by atomic mass is 32.1. The zero-order valence-electron chi connectivity index (χ0n) is 15.4. The molecule has 0 atom stereocenters. The van der Waals surface area contributed by atoms with Gasteiger partial charge in [-0.15, -0.1) is 11.3 Å². The molecule has 0 unspecified atom stereocenters. The summed E-state index contributed by atoms with van der Waals surface area (Å²) in [6.45, 7) is 0.388. The number of carbonyl (C=O) groups excluding carboxylic acids is 1. The standard InChI is InChI=1S/C19H17N5O3S2/c1-26-13-6-4-12(5-7-13)17-22-23-19(28)24(17)9-8-16(25)21-18-20-14(11-29-18)15-3-2-10-27-15/h2-7,10-11H,8-9H2,1H3,(H,23,28)(H,20,21,25). The van der Waals surface area contributed by atoms with E-state index in [1.807, 2.05) is 35.7 Å². The third kappa shape index (κ3) is 4.28. The van der Waals surface area contributed by atoms with E-state index in [0.717, 1.165) is 11.3 Å². The largest absolute Gasteiger partial charge is 0.497 e. The van der Waals surface area contributed by atoms with Crippen LogP contribution in [-0.4, -0.2) is 32.8 Å². The highest BCUT2D eigenvalue weighted by Crippen LogP contribution is 2.25. The number of hydrogen-bond donors (Lipinski definition) is 2. The third-order valence-corrected chi connectivity index (χ3v) is 5.26. The van der Waals surface area contributed by atoms with E-state index in [2.05, 4.69) is 20.5 Å². The minimum Gasteiger partial charge on any atom is -0.497 e. The first-order valence-corrected chi connectivity index (χ1v) is 10.0. The first kappa shape index (κ1) is 19.1. The van der Waals surface area contributed by atoms with Gasteiger partial charge in [0.05, 0.1) is 13.4 Å². The molecule has 0 saturated carbocycles. The first-order chi connectivity index (χ1) is 14.1. The lowest BCUT2D eigenvalue weighted by Gasteiger charge is -2.07. The monoisotopic (exact) mass is 427 g/mol. The van der Waals surface area contributed by atoms with Crippen LogP contribution >= 0.6 is 23.6 Å². The average Bonchev–Trinajstić information content (AvgIpc) is 3.48. The van der Waals surface area contributed by atoms with Crippen molar-refractivity contribution >= 4 is 34.6 Å². The van der Waals surface area contributed by atoms with Crippen molar-refractivity contribution in [2.24, 2.45) is 0 Å². The maximum Gasteiger partial charge on any atom is 0.227 e. The number of furan rings is 1. The Balaban J connectivity index is 1.42. The molecule has 0 aliphatic carbocycles. The fraction of sp³-hybridized carbons (Fsp3) is 0.158. The molecule has 8 nitrogen and oxygen atoms in total. The number of methoxy groups -OCH3 is 1. The zero-order valence-corrected chi connectivity index (χ0v) is 17.0. The number of aromatic nitrogens is 4. The van der Waals surface area contributed by atoms with E-state index in [1.165, 1.54) is 11.3 Å². The summed E-state index contributed by atoms with van der Waals surface area (Å²) in [5.74, 6) is 1.93. The van der Waals surface area contributed by atoms with Gasteiger partial charge in [0.1, 0.15) is 11.4 Å². The number of anilines is 1. The molecule has 3 aromatic heterocycles. The van der Waals surface area contributed by atoms with Gasteiger partial charge in [-0.05, 0) is 48.6 Å². The number of hydrogen-bond acceptors (Lipinski definition) is 7. The number of aromatic amines is 1. The molecule has 0 spiro atoms. The Morgan fingerprint density at radius 3 is 2.90 bits per heavy atom. The number of ether oxygens (including phenoxy) is 1. The van der Waals surface area contributed by atoms with Crippen LogP contribution in [0.5, 0.6) is 5.75 Å². The van der Waals surface area contributed by atoms with E-state index < -0.39 is 0 Å². The van der Waals surface area contributed by atoms with Gasteiger partial charge in [-0.1, -0.05) is 0 Å². The quantitative estimate of drug-likeness (QED) is 0.425. The number of benzene rings is 1. The van der Waals surface area contributed by atoms with Gasteiger partial charge < -0.3 is 14.5 Å². The Labute approximate surface area is 175 Å². The molecule has 0 bridgehead atoms. The molecule has 0 aliphatic heterocycles. The number of rotatable bonds is 7. The van der Waals surface area contributed by atoms with E-state index in [1.54, 1.807) is 24.0 Å². The molecule has 1 aromatic carbocycles. The van der Waals surface area contributed by atoms with E-state index in [9.17, 15) is 4.79 Å². The van der Waals surface area contributed by atoms with Crippen molar-refractivity contribution in [3.05, 3.63) is 52.8 Å². The zero-order chi connectivity index (χ0) is 20.2. The normalized spacial score (nSPS) is 10.8. The molecule has 4 rings (SSSR count). The second-order valence-electron chi connectivity index (χ2n) is 6.05. The van der Waals surface area contributed by atoms with Gasteiger partial charge in [-0.25, -0.2) is 4.98 Å². The van der Waals surface area contributed by atoms with Gasteiger partial charge >= 0.3 is 0 Å². The van der Waals surface area contributed by atoms with Crippen molar-refractivity contribution in [3.63, 3.8) is 0 Å². The SMILES string of the molecule is COc1ccc(-c2n[nH]c(=S)n2CCC(=O)Nc2nc(-c3ccco3)cs2)cc1. The van der Waals surface area contributed by atoms with Crippen molar-refractivity contribution in [2.75, 3.05) is 12.4 Å². The second-order valence-corrected chi connectivity index (χ2v) is 7.29. The van der Waals surface area contributed by atoms with Gasteiger partial charge in [0.15, 0.2) is 21.5 Å². The molecular weight excluding hydrogens is 410 g/mol. The molecule has 0 aliphatic rings. The summed E-state index contributed by atoms with van der Waals surface area (Å²) in [5.41, 5.74) is 1.57. The topological polar surface area (TPSA) is 98.0 Å². The molecule has 4 aromatic rings. The third-order valence-electron chi connectivity index (χ3n) is 4.19. The van der Waals surface area contributed by atoms with Gasteiger partial charge in [-0.2, -0.15) is 5.10 Å². The number of carbonyl (C=O) groups is 1. The average molecular weight is 428 g/mol. The molecular formula is C19H17N5O3S2. The molecule has 10 heteroatoms. The van der Waals surface area contributed by atoms with E-state index in [0.29, 0.717) is 33.7 Å². The summed E-state index contributed by atoms with van der Waals surface area (Å²) in [4.78, 5) is 16.8. The van der Waals surface area contributed by atoms with Crippen LogP contribution in [0, 0.1) is 4.77 Å². The summed E-state index contributed by atoms with van der Waals surface area (Å²) >= 11 is 6.67. The molecule has 0 radical (unpaired) electrons. The first-order valence-electron chi connectivity index (χ1n) is 8.73. The highest BCUT2D eigenvalue weighted by molar-refractivity contribution is 7.71. The summed E-state index contributed by atoms with van der Waals surface area (Å²) < 4.78 is 12.8. The Bertz CT molecular complexity index is 1160. The van der Waals surface area contributed by atoms with Gasteiger partial charge in [-0.3, -0.25) is 14.5 Å². The summed E-state index contributed by atoms with van der Waals surface area (Å²) in [7, 11) is 1.61. The van der Waals surface area contributed by atoms with Crippen molar-refractivity contribution in [1.29, 1.82) is 0 Å². The van der Waals surface area contributed by atoms with Crippen LogP contribution in [0.2, 0.25) is 0 Å². The Kier molecular flexibility index (Phi) is 5.54. The minimum atomic E-state index is -0.158. The highest BCUT2D eigenvalue weighted by Gasteiger charge is 2.13. The Morgan fingerprint density at radius 2 is 2.17 bits per heavy atom. The Hall–Kier alpha value is -3.24. The predicted molar refractivity (Wildman–Crippen MR) is 112 cm³/mol. The second kappa shape index (κ2) is 8.41. The maximum atomic E-state index is 12.4. The molecule has 0 fully saturated rings. The van der Waals surface area contributed by atoms with Crippen molar-refractivity contribution in [1.82, 2.24) is 19.7 Å². The smallest absolute Gasteiger partial charge is 0.227 e. The molecule has 1 amide bonds. The van der Waals surface area contributed by atoms with Crippen LogP contribution in [0.15, 0.2) is 52.5 Å². The lowest BCUT2D eigenvalue weighted by Crippen LogP contribution is -2.15. The van der Waals surface area contributed by atoms with Crippen LogP contribution in [0.25, 0.3) is 22.8 Å². The maximum absolute atomic E-state index is 12.4. The van der Waals surface area contributed by atoms with Crippen LogP contribution < -0.4 is 10.1 Å². The number of nitrogens with zero attached hydrogens (tertiary/aromatic N) is 3. The van der Waals surface area contributed by atoms with Crippen LogP contribution in [-0.2, 0) is 11.3 Å². The molecule has 29 heavy (non-hydrogen) atoms. The fourth-order valence-electron chi connectivity index (χ4n) is 2.75. The fourth-order valence-corrected chi connectivity index (χ4v) is 3.69. The van der Waals surface area contributed by atoms with Crippen LogP contribution in [0.3, 0.4) is 0 Å². The van der Waals surface area contributed by atoms with Crippen molar-refractivity contribution in [2.45, 2.75) is 13.0 Å². The lowest BCUT2D eigenvalue weighted by molar-refractivity contribution is -0.116. The lowest BCUT2D eigenvalue weighted by atomic mass is 10.2. The van der Waals surface area contributed by atoms with Crippen LogP contribution in [0.1, 0.15) is 6.42 Å². The molecule has 2 N–H and O–H groups in total. The number of amides is 1. The van der Waals surface area contributed by atoms with Crippen molar-refractivity contribution < 1.29 is 13.9 Å². The minimum absolute atomic E-state index is 0.158. The van der Waals surface area contributed by atoms with Crippen LogP contribution in [0.4, 0.5) is 5.13 Å². The van der Waals surface area contributed by atoms with Gasteiger partial charge in [0, 0.05) is 23.9 Å². The van der Waals surface area contributed by atoms with E-state index in [-0.39, 0.29) is 12.3 Å². The van der Waals surface area contributed by atoms with E-state index in [4.69, 9.17) is 21.4 Å². The van der Waals surface area contributed by atoms with E-state index >= 15 is 0 Å². The van der Waals surface area contributed by atoms with Crippen molar-refractivity contribution in [3.8, 4) is 28.6 Å². The van der Waals surface area contributed by atoms with Gasteiger partial charge in [0.25, 0.3) is 0 Å². The number of nitrogens with one attached hydrogen (secondary N) is 2. The molecule has 0 saturated heterocycles. The predicted octanol–water partition coefficient (Wildman–Crippen LogP) is 4.36. The summed E-state index contributed by atoms with van der Waals surface area (Å²) in [6.07, 6.45) is 1.81. The number of H-pyrrole nitrogens is 1. The Morgan fingerprint density at radius 1 is 1.34 bits per heavy atom. The molecule has 148 valence electrons. The number of thiazole rings is 1. The summed E-state index contributed by atoms with van der Waals surface area (Å²) in [5, 5.41) is 12.2. The van der Waals surface area contributed by atoms with Gasteiger partial charge in [0.2, 0.25) is 5.91 Å². The molecule has 3 heterocycles.